The predicted octanol–water partition coefficient (Wildman–Crippen LogP) is 3.16. The highest BCUT2D eigenvalue weighted by molar-refractivity contribution is 7.98. The zero-order valence-corrected chi connectivity index (χ0v) is 12.6. The van der Waals surface area contributed by atoms with E-state index in [0.717, 1.165) is 47.0 Å². The van der Waals surface area contributed by atoms with Crippen LogP contribution in [0.5, 0.6) is 0 Å². The highest BCUT2D eigenvalue weighted by Crippen LogP contribution is 2.23. The quantitative estimate of drug-likeness (QED) is 0.536. The summed E-state index contributed by atoms with van der Waals surface area (Å²) in [6.45, 7) is 2.14. The molecule has 0 aliphatic heterocycles. The lowest BCUT2D eigenvalue weighted by Gasteiger charge is -1.91. The smallest absolute Gasteiger partial charge is 0.237 e. The lowest BCUT2D eigenvalue weighted by atomic mass is 10.2. The molecule has 7 heteroatoms. The molecule has 3 rings (SSSR count). The Kier molecular flexibility index (Phi) is 4.10. The van der Waals surface area contributed by atoms with Crippen molar-refractivity contribution in [3.05, 3.63) is 29.9 Å². The summed E-state index contributed by atoms with van der Waals surface area (Å²) in [6.07, 6.45) is 3.08. The summed E-state index contributed by atoms with van der Waals surface area (Å²) in [4.78, 5) is 12.1. The first-order valence-electron chi connectivity index (χ1n) is 6.94. The lowest BCUT2D eigenvalue weighted by Crippen LogP contribution is -1.88. The second-order valence-electron chi connectivity index (χ2n) is 4.82. The Morgan fingerprint density at radius 3 is 3.10 bits per heavy atom. The number of hydrogen-bond acceptors (Lipinski definition) is 6. The number of nitrogens with two attached hydrogens (primary N) is 1. The third-order valence-electron chi connectivity index (χ3n) is 3.08. The summed E-state index contributed by atoms with van der Waals surface area (Å²) >= 11 is 1.54. The normalized spacial score (nSPS) is 11.3. The van der Waals surface area contributed by atoms with Crippen molar-refractivity contribution < 1.29 is 4.52 Å². The Morgan fingerprint density at radius 2 is 2.24 bits per heavy atom. The van der Waals surface area contributed by atoms with Gasteiger partial charge in [0.05, 0.1) is 16.8 Å². The van der Waals surface area contributed by atoms with Crippen LogP contribution in [0.3, 0.4) is 0 Å². The Balaban J connectivity index is 1.64. The molecule has 3 aromatic rings. The molecule has 0 saturated heterocycles. The largest absolute Gasteiger partial charge is 0.399 e. The van der Waals surface area contributed by atoms with Crippen molar-refractivity contribution in [1.82, 2.24) is 20.1 Å². The van der Waals surface area contributed by atoms with Crippen LogP contribution in [-0.2, 0) is 12.2 Å². The van der Waals surface area contributed by atoms with Gasteiger partial charge in [0.25, 0.3) is 0 Å². The molecule has 0 radical (unpaired) electrons. The standard InChI is InChI=1S/C14H17N5OS/c1-2-3-4-12-18-13(20-19-12)8-21-14-16-10-6-5-9(15)7-11(10)17-14/h5-7H,2-4,8,15H2,1H3,(H,16,17). The number of nitrogens with zero attached hydrogens (tertiary/aromatic N) is 3. The molecule has 6 nitrogen and oxygen atoms in total. The van der Waals surface area contributed by atoms with Gasteiger partial charge in [-0.15, -0.1) is 0 Å². The number of fused-ring (bicyclic) bond motifs is 1. The molecule has 1 aromatic carbocycles. The van der Waals surface area contributed by atoms with E-state index in [1.807, 2.05) is 18.2 Å². The number of aryl methyl sites for hydroxylation is 1. The van der Waals surface area contributed by atoms with Gasteiger partial charge in [-0.1, -0.05) is 30.3 Å². The molecule has 0 fully saturated rings. The number of rotatable bonds is 6. The molecule has 0 atom stereocenters. The van der Waals surface area contributed by atoms with Gasteiger partial charge in [-0.25, -0.2) is 4.98 Å². The maximum atomic E-state index is 5.75. The molecule has 0 bridgehead atoms. The van der Waals surface area contributed by atoms with E-state index in [2.05, 4.69) is 27.0 Å². The van der Waals surface area contributed by atoms with Crippen molar-refractivity contribution in [2.45, 2.75) is 37.1 Å². The van der Waals surface area contributed by atoms with Crippen molar-refractivity contribution in [3.63, 3.8) is 0 Å². The number of nitrogen functional groups attached to an aromatic ring is 1. The van der Waals surface area contributed by atoms with Crippen molar-refractivity contribution in [2.24, 2.45) is 0 Å². The van der Waals surface area contributed by atoms with Crippen LogP contribution in [-0.4, -0.2) is 20.1 Å². The summed E-state index contributed by atoms with van der Waals surface area (Å²) in [5.41, 5.74) is 8.32. The summed E-state index contributed by atoms with van der Waals surface area (Å²) in [5.74, 6) is 2.02. The minimum Gasteiger partial charge on any atom is -0.399 e. The molecule has 0 spiro atoms. The summed E-state index contributed by atoms with van der Waals surface area (Å²) in [5, 5.41) is 4.80. The van der Waals surface area contributed by atoms with E-state index in [0.29, 0.717) is 11.6 Å². The number of anilines is 1. The number of aromatic nitrogens is 4. The maximum Gasteiger partial charge on any atom is 0.237 e. The summed E-state index contributed by atoms with van der Waals surface area (Å²) in [7, 11) is 0. The van der Waals surface area contributed by atoms with E-state index in [1.54, 1.807) is 0 Å². The lowest BCUT2D eigenvalue weighted by molar-refractivity contribution is 0.384. The fraction of sp³-hybridized carbons (Fsp3) is 0.357. The second kappa shape index (κ2) is 6.17. The van der Waals surface area contributed by atoms with Crippen molar-refractivity contribution in [2.75, 3.05) is 5.73 Å². The molecule has 0 saturated carbocycles. The van der Waals surface area contributed by atoms with Gasteiger partial charge in [-0.05, 0) is 24.6 Å². The molecule has 0 unspecified atom stereocenters. The Bertz CT molecular complexity index is 736. The van der Waals surface area contributed by atoms with Crippen molar-refractivity contribution in [3.8, 4) is 0 Å². The SMILES string of the molecule is CCCCc1noc(CSc2nc3ccc(N)cc3[nH]2)n1. The van der Waals surface area contributed by atoms with Crippen molar-refractivity contribution in [1.29, 1.82) is 0 Å². The van der Waals surface area contributed by atoms with Gasteiger partial charge in [0.15, 0.2) is 11.0 Å². The molecule has 2 heterocycles. The van der Waals surface area contributed by atoms with Gasteiger partial charge in [0.1, 0.15) is 0 Å². The monoisotopic (exact) mass is 303 g/mol. The second-order valence-corrected chi connectivity index (χ2v) is 5.78. The minimum atomic E-state index is 0.606. The predicted molar refractivity (Wildman–Crippen MR) is 83.0 cm³/mol. The summed E-state index contributed by atoms with van der Waals surface area (Å²) in [6, 6.07) is 5.62. The first-order valence-corrected chi connectivity index (χ1v) is 7.92. The number of nitrogens with one attached hydrogen (secondary N) is 1. The highest BCUT2D eigenvalue weighted by atomic mass is 32.2. The molecule has 21 heavy (non-hydrogen) atoms. The Labute approximate surface area is 126 Å². The molecule has 0 aliphatic carbocycles. The first-order chi connectivity index (χ1) is 10.2. The molecule has 2 aromatic heterocycles. The average molecular weight is 303 g/mol. The van der Waals surface area contributed by atoms with Gasteiger partial charge in [0, 0.05) is 12.1 Å². The zero-order valence-electron chi connectivity index (χ0n) is 11.8. The number of H-pyrrole nitrogens is 1. The van der Waals surface area contributed by atoms with Gasteiger partial charge in [-0.2, -0.15) is 4.98 Å². The van der Waals surface area contributed by atoms with E-state index >= 15 is 0 Å². The number of thioether (sulfide) groups is 1. The van der Waals surface area contributed by atoms with Crippen LogP contribution in [0.25, 0.3) is 11.0 Å². The number of imidazole rings is 1. The molecular weight excluding hydrogens is 286 g/mol. The molecule has 110 valence electrons. The third kappa shape index (κ3) is 3.36. The molecule has 0 aliphatic rings. The first kappa shape index (κ1) is 13.9. The minimum absolute atomic E-state index is 0.606. The fourth-order valence-electron chi connectivity index (χ4n) is 1.99. The van der Waals surface area contributed by atoms with Crippen LogP contribution in [0.1, 0.15) is 31.5 Å². The highest BCUT2D eigenvalue weighted by Gasteiger charge is 2.09. The summed E-state index contributed by atoms with van der Waals surface area (Å²) < 4.78 is 5.23. The fourth-order valence-corrected chi connectivity index (χ4v) is 2.71. The average Bonchev–Trinajstić information content (AvgIpc) is 3.08. The molecule has 0 amide bonds. The van der Waals surface area contributed by atoms with Crippen LogP contribution in [0.15, 0.2) is 27.9 Å². The van der Waals surface area contributed by atoms with E-state index in [4.69, 9.17) is 10.3 Å². The Hall–Kier alpha value is -2.02. The van der Waals surface area contributed by atoms with Crippen LogP contribution in [0.4, 0.5) is 5.69 Å². The van der Waals surface area contributed by atoms with E-state index < -0.39 is 0 Å². The van der Waals surface area contributed by atoms with Crippen molar-refractivity contribution >= 4 is 28.5 Å². The van der Waals surface area contributed by atoms with Crippen LogP contribution >= 0.6 is 11.8 Å². The van der Waals surface area contributed by atoms with Gasteiger partial charge >= 0.3 is 0 Å². The van der Waals surface area contributed by atoms with Crippen LogP contribution in [0, 0.1) is 0 Å². The number of unbranched alkanes of at least 4 members (excludes halogenated alkanes) is 1. The van der Waals surface area contributed by atoms with Crippen LogP contribution in [0.2, 0.25) is 0 Å². The van der Waals surface area contributed by atoms with Crippen LogP contribution < -0.4 is 5.73 Å². The number of aromatic amines is 1. The maximum absolute atomic E-state index is 5.75. The topological polar surface area (TPSA) is 93.6 Å². The van der Waals surface area contributed by atoms with E-state index in [1.165, 1.54) is 11.8 Å². The molecule has 3 N–H and O–H groups in total. The van der Waals surface area contributed by atoms with E-state index in [-0.39, 0.29) is 0 Å². The van der Waals surface area contributed by atoms with Gasteiger partial charge in [-0.3, -0.25) is 0 Å². The van der Waals surface area contributed by atoms with Gasteiger partial charge < -0.3 is 15.2 Å². The van der Waals surface area contributed by atoms with Gasteiger partial charge in [0.2, 0.25) is 5.89 Å². The molecular formula is C14H17N5OS. The number of hydrogen-bond donors (Lipinski definition) is 2. The number of benzene rings is 1. The Morgan fingerprint density at radius 1 is 1.33 bits per heavy atom. The van der Waals surface area contributed by atoms with E-state index in [9.17, 15) is 0 Å². The third-order valence-corrected chi connectivity index (χ3v) is 3.94. The zero-order chi connectivity index (χ0) is 14.7.